The first kappa shape index (κ1) is 18.5. The molecule has 29 heavy (non-hydrogen) atoms. The normalized spacial score (nSPS) is 12.9. The molecule has 2 heterocycles. The molecule has 148 valence electrons. The standard InChI is InChI=1S/C19H15F2N5O3/c20-13-6-12(7-14(21)8-13)9-22-17(27)11-25-19(29)26-16(23-25)10-24(18(26)28)15-4-2-1-3-5-15/h1-8H,9-11H2,(H,22,27). The summed E-state index contributed by atoms with van der Waals surface area (Å²) in [4.78, 5) is 38.5. The number of halogens is 2. The van der Waals surface area contributed by atoms with Crippen molar-refractivity contribution in [1.82, 2.24) is 19.7 Å². The van der Waals surface area contributed by atoms with Crippen molar-refractivity contribution in [3.05, 3.63) is 82.0 Å². The summed E-state index contributed by atoms with van der Waals surface area (Å²) in [7, 11) is 0. The summed E-state index contributed by atoms with van der Waals surface area (Å²) in [5.74, 6) is -1.86. The Hall–Kier alpha value is -3.82. The van der Waals surface area contributed by atoms with Crippen LogP contribution in [0, 0.1) is 11.6 Å². The van der Waals surface area contributed by atoms with Crippen LogP contribution in [0.25, 0.3) is 0 Å². The molecule has 8 nitrogen and oxygen atoms in total. The Morgan fingerprint density at radius 1 is 1.07 bits per heavy atom. The third-order valence-corrected chi connectivity index (χ3v) is 4.40. The highest BCUT2D eigenvalue weighted by atomic mass is 19.1. The molecule has 0 bridgehead atoms. The number of hydrogen-bond donors (Lipinski definition) is 1. The average molecular weight is 399 g/mol. The predicted molar refractivity (Wildman–Crippen MR) is 98.1 cm³/mol. The van der Waals surface area contributed by atoms with Crippen LogP contribution in [0.4, 0.5) is 19.3 Å². The maximum atomic E-state index is 13.2. The van der Waals surface area contributed by atoms with Crippen LogP contribution in [-0.2, 0) is 24.4 Å². The van der Waals surface area contributed by atoms with Crippen molar-refractivity contribution in [2.45, 2.75) is 19.6 Å². The molecule has 0 saturated carbocycles. The van der Waals surface area contributed by atoms with E-state index in [1.54, 1.807) is 24.3 Å². The second-order valence-electron chi connectivity index (χ2n) is 6.45. The van der Waals surface area contributed by atoms with E-state index in [0.717, 1.165) is 27.4 Å². The van der Waals surface area contributed by atoms with E-state index < -0.39 is 35.8 Å². The Morgan fingerprint density at radius 3 is 2.41 bits per heavy atom. The van der Waals surface area contributed by atoms with Crippen molar-refractivity contribution in [3.8, 4) is 0 Å². The highest BCUT2D eigenvalue weighted by molar-refractivity contribution is 5.96. The quantitative estimate of drug-likeness (QED) is 0.706. The second kappa shape index (κ2) is 7.30. The Labute approximate surface area is 163 Å². The van der Waals surface area contributed by atoms with Gasteiger partial charge in [0.15, 0.2) is 5.82 Å². The number of carbonyl (C=O) groups is 2. The molecule has 0 radical (unpaired) electrons. The van der Waals surface area contributed by atoms with E-state index in [1.807, 2.05) is 6.07 Å². The third-order valence-electron chi connectivity index (χ3n) is 4.40. The lowest BCUT2D eigenvalue weighted by molar-refractivity contribution is -0.122. The van der Waals surface area contributed by atoms with Gasteiger partial charge < -0.3 is 5.32 Å². The van der Waals surface area contributed by atoms with Crippen LogP contribution in [0.15, 0.2) is 53.3 Å². The van der Waals surface area contributed by atoms with Crippen LogP contribution in [0.5, 0.6) is 0 Å². The zero-order valence-electron chi connectivity index (χ0n) is 15.0. The van der Waals surface area contributed by atoms with E-state index in [0.29, 0.717) is 5.69 Å². The topological polar surface area (TPSA) is 89.2 Å². The number of benzene rings is 2. The second-order valence-corrected chi connectivity index (χ2v) is 6.45. The van der Waals surface area contributed by atoms with Gasteiger partial charge in [-0.1, -0.05) is 18.2 Å². The summed E-state index contributed by atoms with van der Waals surface area (Å²) >= 11 is 0. The SMILES string of the molecule is O=C(Cn1nc2n(c1=O)C(=O)N(c1ccccc1)C2)NCc1cc(F)cc(F)c1. The Bertz CT molecular complexity index is 1140. The van der Waals surface area contributed by atoms with Crippen LogP contribution < -0.4 is 15.9 Å². The van der Waals surface area contributed by atoms with Crippen molar-refractivity contribution < 1.29 is 18.4 Å². The molecule has 0 spiro atoms. The fourth-order valence-corrected chi connectivity index (χ4v) is 3.10. The highest BCUT2D eigenvalue weighted by Crippen LogP contribution is 2.21. The van der Waals surface area contributed by atoms with E-state index in [9.17, 15) is 23.2 Å². The van der Waals surface area contributed by atoms with Crippen LogP contribution in [-0.4, -0.2) is 26.3 Å². The number of anilines is 1. The van der Waals surface area contributed by atoms with Crippen LogP contribution in [0.1, 0.15) is 11.4 Å². The van der Waals surface area contributed by atoms with Crippen molar-refractivity contribution >= 4 is 17.6 Å². The Kier molecular flexibility index (Phi) is 4.67. The fourth-order valence-electron chi connectivity index (χ4n) is 3.10. The van der Waals surface area contributed by atoms with Gasteiger partial charge in [0.25, 0.3) is 0 Å². The van der Waals surface area contributed by atoms with E-state index in [-0.39, 0.29) is 24.5 Å². The van der Waals surface area contributed by atoms with E-state index in [2.05, 4.69) is 10.4 Å². The molecule has 0 saturated heterocycles. The summed E-state index contributed by atoms with van der Waals surface area (Å²) in [6, 6.07) is 11.2. The average Bonchev–Trinajstić information content (AvgIpc) is 3.17. The minimum absolute atomic E-state index is 0.106. The number of rotatable bonds is 5. The smallest absolute Gasteiger partial charge is 0.350 e. The van der Waals surface area contributed by atoms with Gasteiger partial charge in [-0.25, -0.2) is 23.1 Å². The lowest BCUT2D eigenvalue weighted by Gasteiger charge is -2.14. The van der Waals surface area contributed by atoms with Gasteiger partial charge in [0.1, 0.15) is 18.2 Å². The molecule has 4 rings (SSSR count). The maximum absolute atomic E-state index is 13.2. The van der Waals surface area contributed by atoms with Crippen molar-refractivity contribution in [2.24, 2.45) is 0 Å². The largest absolute Gasteiger partial charge is 0.354 e. The van der Waals surface area contributed by atoms with Gasteiger partial charge in [0.2, 0.25) is 5.91 Å². The minimum atomic E-state index is -0.752. The van der Waals surface area contributed by atoms with Crippen LogP contribution in [0.3, 0.4) is 0 Å². The molecule has 1 aliphatic rings. The number of amides is 2. The highest BCUT2D eigenvalue weighted by Gasteiger charge is 2.33. The number of para-hydroxylation sites is 1. The summed E-state index contributed by atoms with van der Waals surface area (Å²) in [6.07, 6.45) is 0. The van der Waals surface area contributed by atoms with Gasteiger partial charge in [-0.05, 0) is 29.8 Å². The Morgan fingerprint density at radius 2 is 1.76 bits per heavy atom. The molecule has 2 amide bonds. The minimum Gasteiger partial charge on any atom is -0.350 e. The van der Waals surface area contributed by atoms with E-state index in [4.69, 9.17) is 0 Å². The molecule has 10 heteroatoms. The molecule has 3 aromatic rings. The van der Waals surface area contributed by atoms with Crippen molar-refractivity contribution in [2.75, 3.05) is 4.90 Å². The molecule has 0 atom stereocenters. The fraction of sp³-hybridized carbons (Fsp3) is 0.158. The first-order valence-electron chi connectivity index (χ1n) is 8.69. The summed E-state index contributed by atoms with van der Waals surface area (Å²) in [5, 5.41) is 6.53. The van der Waals surface area contributed by atoms with Crippen molar-refractivity contribution in [3.63, 3.8) is 0 Å². The molecule has 1 aliphatic heterocycles. The number of hydrogen-bond acceptors (Lipinski definition) is 4. The Balaban J connectivity index is 1.44. The molecule has 1 aromatic heterocycles. The predicted octanol–water partition coefficient (Wildman–Crippen LogP) is 1.63. The van der Waals surface area contributed by atoms with Gasteiger partial charge in [-0.15, -0.1) is 0 Å². The first-order chi connectivity index (χ1) is 13.9. The number of fused-ring (bicyclic) bond motifs is 1. The number of nitrogens with zero attached hydrogens (tertiary/aromatic N) is 4. The molecular formula is C19H15F2N5O3. The molecule has 2 aromatic carbocycles. The lowest BCUT2D eigenvalue weighted by Crippen LogP contribution is -2.37. The van der Waals surface area contributed by atoms with Gasteiger partial charge >= 0.3 is 11.7 Å². The van der Waals surface area contributed by atoms with Crippen molar-refractivity contribution in [1.29, 1.82) is 0 Å². The summed E-state index contributed by atoms with van der Waals surface area (Å²) < 4.78 is 28.2. The molecular weight excluding hydrogens is 384 g/mol. The number of carbonyl (C=O) groups excluding carboxylic acids is 2. The van der Waals surface area contributed by atoms with Crippen LogP contribution in [0.2, 0.25) is 0 Å². The van der Waals surface area contributed by atoms with E-state index in [1.165, 1.54) is 4.90 Å². The zero-order valence-corrected chi connectivity index (χ0v) is 15.0. The maximum Gasteiger partial charge on any atom is 0.354 e. The first-order valence-corrected chi connectivity index (χ1v) is 8.69. The van der Waals surface area contributed by atoms with Crippen LogP contribution >= 0.6 is 0 Å². The molecule has 0 aliphatic carbocycles. The summed E-state index contributed by atoms with van der Waals surface area (Å²) in [6.45, 7) is -0.429. The zero-order chi connectivity index (χ0) is 20.5. The summed E-state index contributed by atoms with van der Waals surface area (Å²) in [5.41, 5.74) is 0.147. The van der Waals surface area contributed by atoms with Gasteiger partial charge in [0, 0.05) is 18.3 Å². The third kappa shape index (κ3) is 3.64. The molecule has 0 fully saturated rings. The molecule has 0 unspecified atom stereocenters. The lowest BCUT2D eigenvalue weighted by atomic mass is 10.2. The van der Waals surface area contributed by atoms with Gasteiger partial charge in [0.05, 0.1) is 6.54 Å². The number of aromatic nitrogens is 3. The monoisotopic (exact) mass is 399 g/mol. The van der Waals surface area contributed by atoms with E-state index >= 15 is 0 Å². The number of nitrogens with one attached hydrogen (secondary N) is 1. The van der Waals surface area contributed by atoms with Gasteiger partial charge in [-0.3, -0.25) is 9.69 Å². The molecule has 1 N–H and O–H groups in total. The van der Waals surface area contributed by atoms with Gasteiger partial charge in [-0.2, -0.15) is 9.67 Å².